The molecule has 0 atom stereocenters. The van der Waals surface area contributed by atoms with Gasteiger partial charge in [0.05, 0.1) is 12.6 Å². The molecule has 0 unspecified atom stereocenters. The first-order valence-electron chi connectivity index (χ1n) is 9.20. The molecule has 1 fully saturated rings. The third-order valence-electron chi connectivity index (χ3n) is 5.35. The van der Waals surface area contributed by atoms with Crippen molar-refractivity contribution in [3.63, 3.8) is 0 Å². The molecule has 0 saturated heterocycles. The quantitative estimate of drug-likeness (QED) is 0.655. The highest BCUT2D eigenvalue weighted by Crippen LogP contribution is 2.36. The van der Waals surface area contributed by atoms with Crippen molar-refractivity contribution in [1.29, 1.82) is 0 Å². The van der Waals surface area contributed by atoms with E-state index in [2.05, 4.69) is 4.98 Å². The molecule has 1 heterocycles. The molecule has 6 heteroatoms. The van der Waals surface area contributed by atoms with Crippen LogP contribution in [0.1, 0.15) is 56.9 Å². The summed E-state index contributed by atoms with van der Waals surface area (Å²) in [5.74, 6) is -3.58. The molecule has 1 aromatic heterocycles. The number of hydrogen-bond donors (Lipinski definition) is 1. The Morgan fingerprint density at radius 1 is 1.23 bits per heavy atom. The summed E-state index contributed by atoms with van der Waals surface area (Å²) in [6.45, 7) is 0. The molecule has 0 aliphatic heterocycles. The molecule has 1 saturated carbocycles. The number of benzene rings is 1. The van der Waals surface area contributed by atoms with Gasteiger partial charge in [0.25, 0.3) is 11.5 Å². The summed E-state index contributed by atoms with van der Waals surface area (Å²) in [7, 11) is 1.43. The normalized spacial score (nSPS) is 15.7. The maximum absolute atomic E-state index is 14.7. The first-order chi connectivity index (χ1) is 12.4. The number of ether oxygens (including phenoxy) is 1. The van der Waals surface area contributed by atoms with Gasteiger partial charge in [0.2, 0.25) is 0 Å². The van der Waals surface area contributed by atoms with Crippen LogP contribution in [0, 0.1) is 11.7 Å². The van der Waals surface area contributed by atoms with Gasteiger partial charge >= 0.3 is 0 Å². The van der Waals surface area contributed by atoms with E-state index in [1.807, 2.05) is 0 Å². The SMILES string of the molecule is COc1ccc2c(F)c(C(F)(F)CCCCC3CCCC3)c(=O)[nH]c2c1. The molecular weight excluding hydrogens is 343 g/mol. The summed E-state index contributed by atoms with van der Waals surface area (Å²) in [4.78, 5) is 14.5. The zero-order chi connectivity index (χ0) is 18.7. The van der Waals surface area contributed by atoms with Gasteiger partial charge in [-0.15, -0.1) is 0 Å². The van der Waals surface area contributed by atoms with Gasteiger partial charge in [-0.25, -0.2) is 13.2 Å². The van der Waals surface area contributed by atoms with Crippen molar-refractivity contribution in [3.8, 4) is 5.75 Å². The van der Waals surface area contributed by atoms with E-state index in [4.69, 9.17) is 4.74 Å². The van der Waals surface area contributed by atoms with E-state index in [0.29, 0.717) is 18.1 Å². The lowest BCUT2D eigenvalue weighted by Crippen LogP contribution is -2.27. The summed E-state index contributed by atoms with van der Waals surface area (Å²) in [5.41, 5.74) is -1.99. The number of nitrogens with one attached hydrogen (secondary N) is 1. The van der Waals surface area contributed by atoms with Crippen LogP contribution in [0.4, 0.5) is 13.2 Å². The van der Waals surface area contributed by atoms with Crippen LogP contribution in [0.15, 0.2) is 23.0 Å². The molecule has 3 rings (SSSR count). The number of alkyl halides is 2. The minimum absolute atomic E-state index is 0.0361. The Morgan fingerprint density at radius 3 is 2.65 bits per heavy atom. The molecule has 0 amide bonds. The average Bonchev–Trinajstić information content (AvgIpc) is 3.11. The molecule has 0 radical (unpaired) electrons. The minimum Gasteiger partial charge on any atom is -0.497 e. The maximum atomic E-state index is 14.7. The Kier molecular flexibility index (Phi) is 5.58. The summed E-state index contributed by atoms with van der Waals surface area (Å²) in [6.07, 6.45) is 6.20. The van der Waals surface area contributed by atoms with Crippen molar-refractivity contribution in [2.75, 3.05) is 7.11 Å². The molecule has 2 aromatic rings. The summed E-state index contributed by atoms with van der Waals surface area (Å²) < 4.78 is 48.8. The molecule has 1 N–H and O–H groups in total. The predicted octanol–water partition coefficient (Wildman–Crippen LogP) is 5.52. The first-order valence-corrected chi connectivity index (χ1v) is 9.20. The van der Waals surface area contributed by atoms with Crippen molar-refractivity contribution in [2.45, 2.75) is 57.3 Å². The van der Waals surface area contributed by atoms with Crippen LogP contribution >= 0.6 is 0 Å². The zero-order valence-corrected chi connectivity index (χ0v) is 14.9. The predicted molar refractivity (Wildman–Crippen MR) is 95.4 cm³/mol. The number of H-pyrrole nitrogens is 1. The lowest BCUT2D eigenvalue weighted by Gasteiger charge is -2.18. The lowest BCUT2D eigenvalue weighted by molar-refractivity contribution is -0.0205. The average molecular weight is 367 g/mol. The Balaban J connectivity index is 1.77. The van der Waals surface area contributed by atoms with Crippen LogP contribution in [0.25, 0.3) is 10.9 Å². The molecule has 1 aliphatic rings. The topological polar surface area (TPSA) is 42.1 Å². The van der Waals surface area contributed by atoms with E-state index in [1.54, 1.807) is 0 Å². The van der Waals surface area contributed by atoms with Gasteiger partial charge in [-0.05, 0) is 24.5 Å². The molecule has 0 spiro atoms. The van der Waals surface area contributed by atoms with Gasteiger partial charge in [0, 0.05) is 17.9 Å². The summed E-state index contributed by atoms with van der Waals surface area (Å²) in [6, 6.07) is 4.25. The molecule has 26 heavy (non-hydrogen) atoms. The monoisotopic (exact) mass is 367 g/mol. The molecule has 1 aliphatic carbocycles. The Hall–Kier alpha value is -1.98. The highest BCUT2D eigenvalue weighted by atomic mass is 19.3. The molecule has 142 valence electrons. The highest BCUT2D eigenvalue weighted by Gasteiger charge is 2.38. The Morgan fingerprint density at radius 2 is 1.96 bits per heavy atom. The van der Waals surface area contributed by atoms with Crippen LogP contribution in [0.3, 0.4) is 0 Å². The van der Waals surface area contributed by atoms with Gasteiger partial charge < -0.3 is 9.72 Å². The number of pyridine rings is 1. The highest BCUT2D eigenvalue weighted by molar-refractivity contribution is 5.81. The Labute approximate surface area is 150 Å². The van der Waals surface area contributed by atoms with E-state index in [-0.39, 0.29) is 17.3 Å². The summed E-state index contributed by atoms with van der Waals surface area (Å²) in [5, 5.41) is -0.0361. The largest absolute Gasteiger partial charge is 0.497 e. The zero-order valence-electron chi connectivity index (χ0n) is 14.9. The number of fused-ring (bicyclic) bond motifs is 1. The van der Waals surface area contributed by atoms with Crippen molar-refractivity contribution in [3.05, 3.63) is 39.9 Å². The van der Waals surface area contributed by atoms with Gasteiger partial charge in [-0.1, -0.05) is 38.5 Å². The molecular formula is C20H24F3NO2. The molecule has 0 bridgehead atoms. The fourth-order valence-electron chi connectivity index (χ4n) is 3.90. The van der Waals surface area contributed by atoms with E-state index in [0.717, 1.165) is 6.42 Å². The fourth-order valence-corrected chi connectivity index (χ4v) is 3.90. The first kappa shape index (κ1) is 18.8. The van der Waals surface area contributed by atoms with Crippen molar-refractivity contribution >= 4 is 10.9 Å². The van der Waals surface area contributed by atoms with Crippen LogP contribution in [0.5, 0.6) is 5.75 Å². The second-order valence-corrected chi connectivity index (χ2v) is 7.16. The van der Waals surface area contributed by atoms with Crippen molar-refractivity contribution in [2.24, 2.45) is 5.92 Å². The van der Waals surface area contributed by atoms with Gasteiger partial charge in [0.1, 0.15) is 17.1 Å². The van der Waals surface area contributed by atoms with E-state index >= 15 is 0 Å². The minimum atomic E-state index is -3.48. The number of hydrogen-bond acceptors (Lipinski definition) is 2. The number of unbranched alkanes of at least 4 members (excludes halogenated alkanes) is 1. The third-order valence-corrected chi connectivity index (χ3v) is 5.35. The smallest absolute Gasteiger partial charge is 0.281 e. The number of methoxy groups -OCH3 is 1. The van der Waals surface area contributed by atoms with Gasteiger partial charge in [-0.2, -0.15) is 0 Å². The van der Waals surface area contributed by atoms with Crippen LogP contribution < -0.4 is 10.3 Å². The van der Waals surface area contributed by atoms with Crippen LogP contribution in [-0.2, 0) is 5.92 Å². The third kappa shape index (κ3) is 3.89. The van der Waals surface area contributed by atoms with E-state index in [1.165, 1.54) is 51.0 Å². The van der Waals surface area contributed by atoms with Gasteiger partial charge in [-0.3, -0.25) is 4.79 Å². The van der Waals surface area contributed by atoms with E-state index < -0.39 is 29.3 Å². The summed E-state index contributed by atoms with van der Waals surface area (Å²) >= 11 is 0. The van der Waals surface area contributed by atoms with Crippen molar-refractivity contribution < 1.29 is 17.9 Å². The number of halogens is 3. The van der Waals surface area contributed by atoms with Crippen molar-refractivity contribution in [1.82, 2.24) is 4.98 Å². The lowest BCUT2D eigenvalue weighted by atomic mass is 9.96. The number of rotatable bonds is 7. The maximum Gasteiger partial charge on any atom is 0.281 e. The van der Waals surface area contributed by atoms with Crippen LogP contribution in [0.2, 0.25) is 0 Å². The van der Waals surface area contributed by atoms with E-state index in [9.17, 15) is 18.0 Å². The molecule has 3 nitrogen and oxygen atoms in total. The van der Waals surface area contributed by atoms with Crippen LogP contribution in [-0.4, -0.2) is 12.1 Å². The second-order valence-electron chi connectivity index (χ2n) is 7.16. The second kappa shape index (κ2) is 7.72. The van der Waals surface area contributed by atoms with Gasteiger partial charge in [0.15, 0.2) is 0 Å². The number of aromatic amines is 1. The number of aromatic nitrogens is 1. The fraction of sp³-hybridized carbons (Fsp3) is 0.550. The molecule has 1 aromatic carbocycles. The standard InChI is InChI=1S/C20H24F3NO2/c1-26-14-9-10-15-16(12-14)24-19(25)17(18(15)21)20(22,23)11-5-4-8-13-6-2-3-7-13/h9-10,12-13H,2-8,11H2,1H3,(H,24,25). The Bertz CT molecular complexity index is 826.